The average Bonchev–Trinajstić information content (AvgIpc) is 3.10. The number of methoxy groups -OCH3 is 1. The van der Waals surface area contributed by atoms with E-state index in [1.165, 1.54) is 31.4 Å². The Morgan fingerprint density at radius 3 is 2.57 bits per heavy atom. The fraction of sp³-hybridized carbons (Fsp3) is 0.0800. The minimum atomic E-state index is -0.597. The lowest BCUT2D eigenvalue weighted by atomic mass is 10.1. The number of amides is 2. The molecule has 1 heterocycles. The molecule has 0 bridgehead atoms. The molecule has 2 amide bonds. The Bertz CT molecular complexity index is 1350. The van der Waals surface area contributed by atoms with Crippen LogP contribution in [0.5, 0.6) is 11.5 Å². The number of benzene rings is 3. The molecule has 3 aromatic carbocycles. The van der Waals surface area contributed by atoms with Gasteiger partial charge in [-0.15, -0.1) is 0 Å². The second kappa shape index (κ2) is 10.8. The van der Waals surface area contributed by atoms with E-state index in [0.29, 0.717) is 14.7 Å². The lowest BCUT2D eigenvalue weighted by molar-refractivity contribution is -0.123. The third-order valence-electron chi connectivity index (χ3n) is 5.01. The van der Waals surface area contributed by atoms with Gasteiger partial charge in [-0.25, -0.2) is 9.18 Å². The molecule has 1 aliphatic rings. The molecule has 178 valence electrons. The number of carbonyl (C=O) groups excluding carboxylic acids is 3. The topological polar surface area (TPSA) is 72.9 Å². The summed E-state index contributed by atoms with van der Waals surface area (Å²) in [6, 6.07) is 16.0. The van der Waals surface area contributed by atoms with Crippen molar-refractivity contribution in [1.82, 2.24) is 4.90 Å². The SMILES string of the molecule is COc1cc(/C=C2\SC(=O)N(Cc3c(F)cccc3Cl)C2=O)cc(I)c1OC(=O)c1ccccc1. The molecule has 35 heavy (non-hydrogen) atoms. The van der Waals surface area contributed by atoms with Crippen LogP contribution in [-0.2, 0) is 11.3 Å². The van der Waals surface area contributed by atoms with Crippen molar-refractivity contribution in [2.45, 2.75) is 6.54 Å². The minimum absolute atomic E-state index is 0.0681. The smallest absolute Gasteiger partial charge is 0.343 e. The van der Waals surface area contributed by atoms with Gasteiger partial charge in [-0.1, -0.05) is 35.9 Å². The molecule has 6 nitrogen and oxygen atoms in total. The van der Waals surface area contributed by atoms with Gasteiger partial charge in [0.25, 0.3) is 11.1 Å². The van der Waals surface area contributed by atoms with E-state index in [1.807, 2.05) is 22.6 Å². The third kappa shape index (κ3) is 5.52. The van der Waals surface area contributed by atoms with E-state index in [2.05, 4.69) is 0 Å². The van der Waals surface area contributed by atoms with Crippen molar-refractivity contribution in [3.63, 3.8) is 0 Å². The zero-order valence-corrected chi connectivity index (χ0v) is 21.8. The van der Waals surface area contributed by atoms with Crippen LogP contribution in [0, 0.1) is 9.39 Å². The van der Waals surface area contributed by atoms with Crippen LogP contribution in [0.3, 0.4) is 0 Å². The summed E-state index contributed by atoms with van der Waals surface area (Å²) < 4.78 is 25.7. The number of thioether (sulfide) groups is 1. The number of imide groups is 1. The van der Waals surface area contributed by atoms with E-state index in [-0.39, 0.29) is 33.5 Å². The van der Waals surface area contributed by atoms with Gasteiger partial charge in [0, 0.05) is 10.6 Å². The number of ether oxygens (including phenoxy) is 2. The van der Waals surface area contributed by atoms with Crippen LogP contribution < -0.4 is 9.47 Å². The second-order valence-corrected chi connectivity index (χ2v) is 9.82. The van der Waals surface area contributed by atoms with Gasteiger partial charge < -0.3 is 9.47 Å². The highest BCUT2D eigenvalue weighted by Crippen LogP contribution is 2.38. The first-order valence-electron chi connectivity index (χ1n) is 10.1. The van der Waals surface area contributed by atoms with Crippen LogP contribution in [0.2, 0.25) is 5.02 Å². The van der Waals surface area contributed by atoms with E-state index in [9.17, 15) is 18.8 Å². The Hall–Kier alpha value is -2.89. The molecule has 0 atom stereocenters. The Morgan fingerprint density at radius 1 is 1.14 bits per heavy atom. The van der Waals surface area contributed by atoms with Crippen molar-refractivity contribution < 1.29 is 28.2 Å². The summed E-state index contributed by atoms with van der Waals surface area (Å²) in [4.78, 5) is 39.0. The lowest BCUT2D eigenvalue weighted by Gasteiger charge is -2.14. The Labute approximate surface area is 223 Å². The Morgan fingerprint density at radius 2 is 1.89 bits per heavy atom. The van der Waals surface area contributed by atoms with Gasteiger partial charge >= 0.3 is 5.97 Å². The van der Waals surface area contributed by atoms with Gasteiger partial charge in [0.1, 0.15) is 5.82 Å². The van der Waals surface area contributed by atoms with Gasteiger partial charge in [0.15, 0.2) is 11.5 Å². The predicted molar refractivity (Wildman–Crippen MR) is 140 cm³/mol. The molecule has 1 saturated heterocycles. The van der Waals surface area contributed by atoms with Gasteiger partial charge in [-0.05, 0) is 82.4 Å². The van der Waals surface area contributed by atoms with Gasteiger partial charge in [0.2, 0.25) is 0 Å². The molecule has 4 rings (SSSR count). The average molecular weight is 624 g/mol. The van der Waals surface area contributed by atoms with Crippen molar-refractivity contribution >= 4 is 69.1 Å². The Balaban J connectivity index is 1.58. The monoisotopic (exact) mass is 623 g/mol. The van der Waals surface area contributed by atoms with Crippen LogP contribution in [0.25, 0.3) is 6.08 Å². The molecule has 10 heteroatoms. The summed E-state index contributed by atoms with van der Waals surface area (Å²) in [6.45, 7) is -0.275. The number of rotatable bonds is 6. The van der Waals surface area contributed by atoms with E-state index in [0.717, 1.165) is 16.7 Å². The first-order chi connectivity index (χ1) is 16.8. The standard InChI is InChI=1S/C25H16ClFINO5S/c1-33-20-11-14(10-19(28)22(20)34-24(31)15-6-3-2-4-7-15)12-21-23(30)29(25(32)35-21)13-16-17(26)8-5-9-18(16)27/h2-12H,13H2,1H3/b21-12-. The van der Waals surface area contributed by atoms with Gasteiger partial charge in [0.05, 0.1) is 27.7 Å². The molecular weight excluding hydrogens is 608 g/mol. The third-order valence-corrected chi connectivity index (χ3v) is 7.07. The van der Waals surface area contributed by atoms with Crippen molar-refractivity contribution in [2.75, 3.05) is 7.11 Å². The molecular formula is C25H16ClFINO5S. The quantitative estimate of drug-likeness (QED) is 0.134. The van der Waals surface area contributed by atoms with E-state index < -0.39 is 22.9 Å². The van der Waals surface area contributed by atoms with Crippen molar-refractivity contribution in [3.05, 3.63) is 96.7 Å². The number of halogens is 3. The molecule has 0 N–H and O–H groups in total. The Kier molecular flexibility index (Phi) is 7.78. The van der Waals surface area contributed by atoms with Crippen LogP contribution in [0.4, 0.5) is 9.18 Å². The maximum absolute atomic E-state index is 14.2. The maximum Gasteiger partial charge on any atom is 0.343 e. The number of hydrogen-bond acceptors (Lipinski definition) is 6. The fourth-order valence-electron chi connectivity index (χ4n) is 3.28. The van der Waals surface area contributed by atoms with E-state index in [1.54, 1.807) is 42.5 Å². The molecule has 0 saturated carbocycles. The summed E-state index contributed by atoms with van der Waals surface area (Å²) in [7, 11) is 1.43. The first-order valence-corrected chi connectivity index (χ1v) is 12.4. The number of esters is 1. The molecule has 1 aliphatic heterocycles. The number of nitrogens with zero attached hydrogens (tertiary/aromatic N) is 1. The highest BCUT2D eigenvalue weighted by Gasteiger charge is 2.36. The van der Waals surface area contributed by atoms with Crippen molar-refractivity contribution in [1.29, 1.82) is 0 Å². The van der Waals surface area contributed by atoms with E-state index in [4.69, 9.17) is 21.1 Å². The zero-order chi connectivity index (χ0) is 25.1. The molecule has 1 fully saturated rings. The summed E-state index contributed by atoms with van der Waals surface area (Å²) in [6.07, 6.45) is 1.53. The summed E-state index contributed by atoms with van der Waals surface area (Å²) >= 11 is 8.79. The molecule has 0 unspecified atom stereocenters. The lowest BCUT2D eigenvalue weighted by Crippen LogP contribution is -2.28. The summed E-state index contributed by atoms with van der Waals surface area (Å²) in [5.74, 6) is -1.18. The van der Waals surface area contributed by atoms with Gasteiger partial charge in [-0.2, -0.15) is 0 Å². The van der Waals surface area contributed by atoms with Crippen LogP contribution in [0.1, 0.15) is 21.5 Å². The van der Waals surface area contributed by atoms with Gasteiger partial charge in [-0.3, -0.25) is 14.5 Å². The first kappa shape index (κ1) is 25.2. The number of hydrogen-bond donors (Lipinski definition) is 0. The van der Waals surface area contributed by atoms with Crippen molar-refractivity contribution in [2.24, 2.45) is 0 Å². The highest BCUT2D eigenvalue weighted by molar-refractivity contribution is 14.1. The van der Waals surface area contributed by atoms with Crippen LogP contribution in [0.15, 0.2) is 65.6 Å². The molecule has 3 aromatic rings. The van der Waals surface area contributed by atoms with E-state index >= 15 is 0 Å². The normalized spacial score (nSPS) is 14.5. The highest BCUT2D eigenvalue weighted by atomic mass is 127. The summed E-state index contributed by atoms with van der Waals surface area (Å²) in [5.41, 5.74) is 1.01. The summed E-state index contributed by atoms with van der Waals surface area (Å²) in [5, 5.41) is -0.399. The predicted octanol–water partition coefficient (Wildman–Crippen LogP) is 6.55. The number of carbonyl (C=O) groups is 3. The zero-order valence-electron chi connectivity index (χ0n) is 18.1. The minimum Gasteiger partial charge on any atom is -0.493 e. The fourth-order valence-corrected chi connectivity index (χ4v) is 5.07. The molecule has 0 radical (unpaired) electrons. The largest absolute Gasteiger partial charge is 0.493 e. The van der Waals surface area contributed by atoms with Crippen LogP contribution >= 0.6 is 46.0 Å². The molecule has 0 spiro atoms. The molecule has 0 aromatic heterocycles. The second-order valence-electron chi connectivity index (χ2n) is 7.26. The van der Waals surface area contributed by atoms with Crippen LogP contribution in [-0.4, -0.2) is 29.1 Å². The van der Waals surface area contributed by atoms with Crippen molar-refractivity contribution in [3.8, 4) is 11.5 Å². The molecule has 0 aliphatic carbocycles. The maximum atomic E-state index is 14.2.